The van der Waals surface area contributed by atoms with Crippen LogP contribution in [0.25, 0.3) is 0 Å². The second kappa shape index (κ2) is 20.1. The van der Waals surface area contributed by atoms with Gasteiger partial charge in [-0.25, -0.2) is 9.59 Å². The molecule has 0 radical (unpaired) electrons. The molecule has 0 heterocycles. The van der Waals surface area contributed by atoms with Gasteiger partial charge in [-0.3, -0.25) is 9.59 Å². The summed E-state index contributed by atoms with van der Waals surface area (Å²) in [6, 6.07) is 18.8. The molecular formula is C36H46O8. The van der Waals surface area contributed by atoms with Crippen molar-refractivity contribution in [2.24, 2.45) is 5.92 Å². The standard InChI is InChI=1S/C20H22O4.C16H24O4/c1-2-9-18(19(21)23-14-16-10-5-3-6-11-16)20(22)24-15-17-12-7-4-8-13-17;17-15(19-13-7-3-1-4-8-13)11-12-16(18)20-14-9-5-2-6-10-14/h3-8,10-13,18H,2,9,14-15H2,1H3;11-14H,1-10H2/b;12-11-. The van der Waals surface area contributed by atoms with Crippen LogP contribution in [0.3, 0.4) is 0 Å². The van der Waals surface area contributed by atoms with E-state index in [2.05, 4.69) is 0 Å². The van der Waals surface area contributed by atoms with Crippen LogP contribution in [0, 0.1) is 5.92 Å². The molecule has 0 aliphatic heterocycles. The zero-order chi connectivity index (χ0) is 31.4. The minimum absolute atomic E-state index is 0.0234. The highest BCUT2D eigenvalue weighted by atomic mass is 16.6. The molecule has 0 atom stereocenters. The molecule has 2 saturated carbocycles. The Balaban J connectivity index is 0.000000244. The molecule has 0 spiro atoms. The van der Waals surface area contributed by atoms with Gasteiger partial charge in [-0.05, 0) is 68.9 Å². The molecule has 0 bridgehead atoms. The summed E-state index contributed by atoms with van der Waals surface area (Å²) in [7, 11) is 0. The lowest BCUT2D eigenvalue weighted by molar-refractivity contribution is -0.164. The van der Waals surface area contributed by atoms with E-state index >= 15 is 0 Å². The van der Waals surface area contributed by atoms with Crippen molar-refractivity contribution in [1.29, 1.82) is 0 Å². The number of esters is 4. The van der Waals surface area contributed by atoms with Crippen LogP contribution >= 0.6 is 0 Å². The lowest BCUT2D eigenvalue weighted by Gasteiger charge is -2.21. The average molecular weight is 607 g/mol. The fraction of sp³-hybridized carbons (Fsp3) is 0.500. The molecular weight excluding hydrogens is 560 g/mol. The van der Waals surface area contributed by atoms with Gasteiger partial charge in [-0.15, -0.1) is 0 Å². The van der Waals surface area contributed by atoms with Crippen molar-refractivity contribution < 1.29 is 38.1 Å². The van der Waals surface area contributed by atoms with E-state index in [1.807, 2.05) is 67.6 Å². The molecule has 2 aromatic carbocycles. The molecule has 0 aromatic heterocycles. The van der Waals surface area contributed by atoms with Gasteiger partial charge >= 0.3 is 23.9 Å². The SMILES string of the molecule is CCCC(C(=O)OCc1ccccc1)C(=O)OCc1ccccc1.O=C(/C=C\C(=O)OC1CCCCC1)OC1CCCCC1. The van der Waals surface area contributed by atoms with E-state index in [-0.39, 0.29) is 25.4 Å². The topological polar surface area (TPSA) is 105 Å². The van der Waals surface area contributed by atoms with E-state index in [1.165, 1.54) is 25.0 Å². The molecule has 2 aliphatic rings. The van der Waals surface area contributed by atoms with E-state index in [4.69, 9.17) is 18.9 Å². The fourth-order valence-electron chi connectivity index (χ4n) is 5.19. The minimum atomic E-state index is -0.873. The summed E-state index contributed by atoms with van der Waals surface area (Å²) in [5.74, 6) is -2.80. The Kier molecular flexibility index (Phi) is 15.8. The maximum Gasteiger partial charge on any atom is 0.331 e. The number of carbonyl (C=O) groups is 4. The van der Waals surface area contributed by atoms with Crippen molar-refractivity contribution in [3.63, 3.8) is 0 Å². The van der Waals surface area contributed by atoms with Gasteiger partial charge in [0.25, 0.3) is 0 Å². The number of carbonyl (C=O) groups excluding carboxylic acids is 4. The van der Waals surface area contributed by atoms with Crippen LogP contribution in [0.15, 0.2) is 72.8 Å². The van der Waals surface area contributed by atoms with Crippen LogP contribution in [-0.4, -0.2) is 36.1 Å². The third-order valence-electron chi connectivity index (χ3n) is 7.62. The van der Waals surface area contributed by atoms with E-state index in [0.29, 0.717) is 12.8 Å². The second-order valence-corrected chi connectivity index (χ2v) is 11.3. The predicted octanol–water partition coefficient (Wildman–Crippen LogP) is 7.18. The summed E-state index contributed by atoms with van der Waals surface area (Å²) in [6.45, 7) is 2.24. The number of ether oxygens (including phenoxy) is 4. The molecule has 4 rings (SSSR count). The van der Waals surface area contributed by atoms with Crippen LogP contribution in [-0.2, 0) is 51.3 Å². The van der Waals surface area contributed by atoms with Gasteiger partial charge in [0.1, 0.15) is 25.4 Å². The van der Waals surface area contributed by atoms with Crippen molar-refractivity contribution in [3.8, 4) is 0 Å². The molecule has 8 heteroatoms. The first-order chi connectivity index (χ1) is 21.4. The zero-order valence-corrected chi connectivity index (χ0v) is 25.8. The summed E-state index contributed by atoms with van der Waals surface area (Å²) in [5.41, 5.74) is 1.78. The Bertz CT molecular complexity index is 1080. The number of benzene rings is 2. The Morgan fingerprint density at radius 2 is 1.02 bits per heavy atom. The minimum Gasteiger partial charge on any atom is -0.460 e. The van der Waals surface area contributed by atoms with Crippen molar-refractivity contribution in [1.82, 2.24) is 0 Å². The molecule has 2 fully saturated rings. The average Bonchev–Trinajstić information content (AvgIpc) is 3.06. The van der Waals surface area contributed by atoms with Crippen LogP contribution in [0.1, 0.15) is 95.1 Å². The number of hydrogen-bond donors (Lipinski definition) is 0. The van der Waals surface area contributed by atoms with Gasteiger partial charge in [0.2, 0.25) is 0 Å². The van der Waals surface area contributed by atoms with Gasteiger partial charge in [0, 0.05) is 12.2 Å². The molecule has 0 unspecified atom stereocenters. The van der Waals surface area contributed by atoms with Gasteiger partial charge in [0.15, 0.2) is 5.92 Å². The number of hydrogen-bond acceptors (Lipinski definition) is 8. The highest BCUT2D eigenvalue weighted by Gasteiger charge is 2.29. The molecule has 0 N–H and O–H groups in total. The molecule has 2 aliphatic carbocycles. The lowest BCUT2D eigenvalue weighted by Crippen LogP contribution is -2.27. The first-order valence-corrected chi connectivity index (χ1v) is 15.9. The Labute approximate surface area is 261 Å². The quantitative estimate of drug-likeness (QED) is 0.108. The van der Waals surface area contributed by atoms with E-state index in [9.17, 15) is 19.2 Å². The summed E-state index contributed by atoms with van der Waals surface area (Å²) in [6.07, 6.45) is 14.2. The van der Waals surface area contributed by atoms with E-state index < -0.39 is 29.8 Å². The highest BCUT2D eigenvalue weighted by molar-refractivity contribution is 5.95. The Morgan fingerprint density at radius 1 is 0.636 bits per heavy atom. The molecule has 44 heavy (non-hydrogen) atoms. The molecule has 8 nitrogen and oxygen atoms in total. The summed E-state index contributed by atoms with van der Waals surface area (Å²) in [4.78, 5) is 47.7. The lowest BCUT2D eigenvalue weighted by atomic mass is 9.98. The summed E-state index contributed by atoms with van der Waals surface area (Å²) >= 11 is 0. The third-order valence-corrected chi connectivity index (χ3v) is 7.62. The first-order valence-electron chi connectivity index (χ1n) is 15.9. The van der Waals surface area contributed by atoms with Gasteiger partial charge < -0.3 is 18.9 Å². The third kappa shape index (κ3) is 13.6. The van der Waals surface area contributed by atoms with Crippen LogP contribution < -0.4 is 0 Å². The molecule has 0 saturated heterocycles. The van der Waals surface area contributed by atoms with E-state index in [1.54, 1.807) is 0 Å². The van der Waals surface area contributed by atoms with Crippen molar-refractivity contribution in [3.05, 3.63) is 83.9 Å². The van der Waals surface area contributed by atoms with Crippen molar-refractivity contribution >= 4 is 23.9 Å². The maximum atomic E-state index is 12.2. The summed E-state index contributed by atoms with van der Waals surface area (Å²) < 4.78 is 21.1. The molecule has 0 amide bonds. The maximum absolute atomic E-state index is 12.2. The van der Waals surface area contributed by atoms with E-state index in [0.717, 1.165) is 62.5 Å². The first kappa shape index (κ1) is 34.5. The highest BCUT2D eigenvalue weighted by Crippen LogP contribution is 2.21. The fourth-order valence-corrected chi connectivity index (χ4v) is 5.19. The van der Waals surface area contributed by atoms with Gasteiger partial charge in [0.05, 0.1) is 0 Å². The van der Waals surface area contributed by atoms with Crippen molar-refractivity contribution in [2.75, 3.05) is 0 Å². The summed E-state index contributed by atoms with van der Waals surface area (Å²) in [5, 5.41) is 0. The predicted molar refractivity (Wildman–Crippen MR) is 166 cm³/mol. The van der Waals surface area contributed by atoms with Gasteiger partial charge in [-0.2, -0.15) is 0 Å². The molecule has 238 valence electrons. The zero-order valence-electron chi connectivity index (χ0n) is 25.8. The van der Waals surface area contributed by atoms with Crippen LogP contribution in [0.2, 0.25) is 0 Å². The smallest absolute Gasteiger partial charge is 0.331 e. The van der Waals surface area contributed by atoms with Crippen LogP contribution in [0.4, 0.5) is 0 Å². The Morgan fingerprint density at radius 3 is 1.39 bits per heavy atom. The normalized spacial score (nSPS) is 15.6. The van der Waals surface area contributed by atoms with Gasteiger partial charge in [-0.1, -0.05) is 86.8 Å². The largest absolute Gasteiger partial charge is 0.460 e. The molecule has 2 aromatic rings. The monoisotopic (exact) mass is 606 g/mol. The Hall–Kier alpha value is -3.94. The van der Waals surface area contributed by atoms with Crippen LogP contribution in [0.5, 0.6) is 0 Å². The van der Waals surface area contributed by atoms with Crippen molar-refractivity contribution in [2.45, 2.75) is 109 Å². The number of rotatable bonds is 12. The second-order valence-electron chi connectivity index (χ2n) is 11.3.